The van der Waals surface area contributed by atoms with Crippen LogP contribution < -0.4 is 10.1 Å². The van der Waals surface area contributed by atoms with Crippen LogP contribution in [0.2, 0.25) is 0 Å². The summed E-state index contributed by atoms with van der Waals surface area (Å²) in [7, 11) is 1.60. The van der Waals surface area contributed by atoms with Gasteiger partial charge in [-0.2, -0.15) is 0 Å². The number of rotatable bonds is 5. The first-order valence-corrected chi connectivity index (χ1v) is 6.90. The van der Waals surface area contributed by atoms with Gasteiger partial charge in [0.1, 0.15) is 11.3 Å². The highest BCUT2D eigenvalue weighted by Gasteiger charge is 2.50. The molecule has 5 nitrogen and oxygen atoms in total. The summed E-state index contributed by atoms with van der Waals surface area (Å²) in [5, 5.41) is 2.83. The van der Waals surface area contributed by atoms with Gasteiger partial charge in [0, 0.05) is 6.54 Å². The van der Waals surface area contributed by atoms with E-state index in [2.05, 4.69) is 11.9 Å². The van der Waals surface area contributed by atoms with E-state index < -0.39 is 5.54 Å². The van der Waals surface area contributed by atoms with Crippen molar-refractivity contribution >= 4 is 11.9 Å². The number of benzene rings is 1. The molecule has 2 rings (SSSR count). The summed E-state index contributed by atoms with van der Waals surface area (Å²) >= 11 is 0. The number of nitrogens with one attached hydrogen (secondary N) is 1. The molecule has 112 valence electrons. The van der Waals surface area contributed by atoms with Gasteiger partial charge in [-0.15, -0.1) is 6.58 Å². The Labute approximate surface area is 124 Å². The lowest BCUT2D eigenvalue weighted by atomic mass is 9.86. The molecular weight excluding hydrogens is 268 g/mol. The Balaban J connectivity index is 2.48. The molecule has 21 heavy (non-hydrogen) atoms. The lowest BCUT2D eigenvalue weighted by molar-refractivity contribution is -0.131. The number of aryl methyl sites for hydroxylation is 1. The minimum atomic E-state index is -1.00. The lowest BCUT2D eigenvalue weighted by Gasteiger charge is -2.26. The van der Waals surface area contributed by atoms with Crippen molar-refractivity contribution in [1.29, 1.82) is 0 Å². The summed E-state index contributed by atoms with van der Waals surface area (Å²) in [5.41, 5.74) is 0.692. The monoisotopic (exact) mass is 288 g/mol. The lowest BCUT2D eigenvalue weighted by Crippen LogP contribution is -2.43. The van der Waals surface area contributed by atoms with E-state index >= 15 is 0 Å². The van der Waals surface area contributed by atoms with Crippen LogP contribution in [0.15, 0.2) is 30.9 Å². The third-order valence-electron chi connectivity index (χ3n) is 3.91. The molecule has 1 aromatic carbocycles. The Bertz CT molecular complexity index is 597. The zero-order chi connectivity index (χ0) is 15.6. The number of carbonyl (C=O) groups is 2. The average Bonchev–Trinajstić information content (AvgIpc) is 2.72. The number of urea groups is 1. The summed E-state index contributed by atoms with van der Waals surface area (Å²) in [6.45, 7) is 7.59. The van der Waals surface area contributed by atoms with Gasteiger partial charge in [0.15, 0.2) is 0 Å². The second-order valence-electron chi connectivity index (χ2n) is 5.08. The summed E-state index contributed by atoms with van der Waals surface area (Å²) in [6.07, 6.45) is 2.03. The van der Waals surface area contributed by atoms with E-state index in [4.69, 9.17) is 4.74 Å². The van der Waals surface area contributed by atoms with E-state index in [0.29, 0.717) is 6.42 Å². The predicted octanol–water partition coefficient (Wildman–Crippen LogP) is 2.35. The fourth-order valence-electron chi connectivity index (χ4n) is 2.70. The largest absolute Gasteiger partial charge is 0.496 e. The van der Waals surface area contributed by atoms with Crippen LogP contribution in [0.4, 0.5) is 4.79 Å². The number of amides is 3. The van der Waals surface area contributed by atoms with Crippen LogP contribution in [0.25, 0.3) is 0 Å². The quantitative estimate of drug-likeness (QED) is 0.668. The van der Waals surface area contributed by atoms with Crippen LogP contribution in [0.1, 0.15) is 24.5 Å². The minimum Gasteiger partial charge on any atom is -0.496 e. The SMILES string of the molecule is C=CCN1C(=O)NC(CC)(c2ccc(OC)c(C)c2)C1=O. The van der Waals surface area contributed by atoms with Crippen molar-refractivity contribution in [1.82, 2.24) is 10.2 Å². The molecule has 0 saturated carbocycles. The standard InChI is InChI=1S/C16H20N2O3/c1-5-9-18-14(19)16(6-2,17-15(18)20)12-7-8-13(21-4)11(3)10-12/h5,7-8,10H,1,6,9H2,2-4H3,(H,17,20). The van der Waals surface area contributed by atoms with Crippen LogP contribution >= 0.6 is 0 Å². The van der Waals surface area contributed by atoms with Gasteiger partial charge in [-0.3, -0.25) is 9.69 Å². The topological polar surface area (TPSA) is 58.6 Å². The zero-order valence-corrected chi connectivity index (χ0v) is 12.6. The van der Waals surface area contributed by atoms with Crippen molar-refractivity contribution in [2.75, 3.05) is 13.7 Å². The highest BCUT2D eigenvalue weighted by atomic mass is 16.5. The van der Waals surface area contributed by atoms with Crippen LogP contribution in [-0.2, 0) is 10.3 Å². The highest BCUT2D eigenvalue weighted by Crippen LogP contribution is 2.34. The first-order chi connectivity index (χ1) is 10.00. The van der Waals surface area contributed by atoms with E-state index in [1.54, 1.807) is 13.2 Å². The Morgan fingerprint density at radius 2 is 2.14 bits per heavy atom. The fourth-order valence-corrected chi connectivity index (χ4v) is 2.70. The number of ether oxygens (including phenoxy) is 1. The fraction of sp³-hybridized carbons (Fsp3) is 0.375. The summed E-state index contributed by atoms with van der Waals surface area (Å²) in [5.74, 6) is 0.518. The Morgan fingerprint density at radius 1 is 1.43 bits per heavy atom. The molecule has 0 spiro atoms. The van der Waals surface area contributed by atoms with Gasteiger partial charge in [-0.25, -0.2) is 4.79 Å². The van der Waals surface area contributed by atoms with Crippen LogP contribution in [0.5, 0.6) is 5.75 Å². The number of hydrogen-bond acceptors (Lipinski definition) is 3. The van der Waals surface area contributed by atoms with Crippen molar-refractivity contribution in [3.05, 3.63) is 42.0 Å². The molecular formula is C16H20N2O3. The summed E-state index contributed by atoms with van der Waals surface area (Å²) in [6, 6.07) is 5.15. The molecule has 1 aliphatic heterocycles. The van der Waals surface area contributed by atoms with Gasteiger partial charge in [0.05, 0.1) is 7.11 Å². The first-order valence-electron chi connectivity index (χ1n) is 6.90. The van der Waals surface area contributed by atoms with Crippen molar-refractivity contribution in [2.45, 2.75) is 25.8 Å². The maximum absolute atomic E-state index is 12.7. The summed E-state index contributed by atoms with van der Waals surface area (Å²) in [4.78, 5) is 25.9. The van der Waals surface area contributed by atoms with Crippen LogP contribution in [0, 0.1) is 6.92 Å². The molecule has 0 aliphatic carbocycles. The molecule has 3 amide bonds. The normalized spacial score (nSPS) is 21.4. The molecule has 1 aliphatic rings. The summed E-state index contributed by atoms with van der Waals surface area (Å²) < 4.78 is 5.24. The maximum Gasteiger partial charge on any atom is 0.325 e. The number of methoxy groups -OCH3 is 1. The van der Waals surface area contributed by atoms with E-state index in [1.165, 1.54) is 4.90 Å². The maximum atomic E-state index is 12.7. The van der Waals surface area contributed by atoms with Crippen molar-refractivity contribution in [3.63, 3.8) is 0 Å². The van der Waals surface area contributed by atoms with Crippen molar-refractivity contribution in [2.24, 2.45) is 0 Å². The first kappa shape index (κ1) is 15.1. The number of hydrogen-bond donors (Lipinski definition) is 1. The molecule has 0 bridgehead atoms. The third-order valence-corrected chi connectivity index (χ3v) is 3.91. The second kappa shape index (κ2) is 5.60. The Hall–Kier alpha value is -2.30. The molecule has 1 atom stereocenters. The van der Waals surface area contributed by atoms with Gasteiger partial charge < -0.3 is 10.1 Å². The van der Waals surface area contributed by atoms with Gasteiger partial charge in [0.2, 0.25) is 0 Å². The van der Waals surface area contributed by atoms with Gasteiger partial charge >= 0.3 is 6.03 Å². The molecule has 1 N–H and O–H groups in total. The third kappa shape index (κ3) is 2.28. The van der Waals surface area contributed by atoms with Crippen molar-refractivity contribution in [3.8, 4) is 5.75 Å². The van der Waals surface area contributed by atoms with E-state index in [0.717, 1.165) is 16.9 Å². The van der Waals surface area contributed by atoms with E-state index in [9.17, 15) is 9.59 Å². The van der Waals surface area contributed by atoms with E-state index in [-0.39, 0.29) is 18.5 Å². The molecule has 1 aromatic rings. The van der Waals surface area contributed by atoms with Gasteiger partial charge in [0.25, 0.3) is 5.91 Å². The smallest absolute Gasteiger partial charge is 0.325 e. The zero-order valence-electron chi connectivity index (χ0n) is 12.6. The minimum absolute atomic E-state index is 0.210. The van der Waals surface area contributed by atoms with Gasteiger partial charge in [-0.1, -0.05) is 19.1 Å². The molecule has 1 fully saturated rings. The average molecular weight is 288 g/mol. The number of imide groups is 1. The number of nitrogens with zero attached hydrogens (tertiary/aromatic N) is 1. The number of carbonyl (C=O) groups excluding carboxylic acids is 2. The van der Waals surface area contributed by atoms with Crippen LogP contribution in [0.3, 0.4) is 0 Å². The Morgan fingerprint density at radius 3 is 2.67 bits per heavy atom. The predicted molar refractivity (Wildman–Crippen MR) is 80.1 cm³/mol. The molecule has 1 heterocycles. The highest BCUT2D eigenvalue weighted by molar-refractivity contribution is 6.07. The van der Waals surface area contributed by atoms with E-state index in [1.807, 2.05) is 32.0 Å². The molecule has 0 radical (unpaired) electrons. The second-order valence-corrected chi connectivity index (χ2v) is 5.08. The molecule has 1 unspecified atom stereocenters. The van der Waals surface area contributed by atoms with Gasteiger partial charge in [-0.05, 0) is 36.6 Å². The van der Waals surface area contributed by atoms with Crippen LogP contribution in [-0.4, -0.2) is 30.5 Å². The molecule has 5 heteroatoms. The molecule has 0 aromatic heterocycles. The molecule has 1 saturated heterocycles. The Kier molecular flexibility index (Phi) is 4.02. The van der Waals surface area contributed by atoms with Crippen molar-refractivity contribution < 1.29 is 14.3 Å².